The predicted octanol–water partition coefficient (Wildman–Crippen LogP) is 1.93. The Morgan fingerprint density at radius 3 is 2.72 bits per heavy atom. The molecule has 0 atom stereocenters. The molecule has 0 bridgehead atoms. The first-order valence-electron chi connectivity index (χ1n) is 6.20. The van der Waals surface area contributed by atoms with E-state index in [-0.39, 0.29) is 5.92 Å². The van der Waals surface area contributed by atoms with E-state index in [1.807, 2.05) is 18.3 Å². The molecule has 1 aliphatic heterocycles. The van der Waals surface area contributed by atoms with E-state index in [4.69, 9.17) is 0 Å². The summed E-state index contributed by atoms with van der Waals surface area (Å²) in [6.45, 7) is 2.05. The summed E-state index contributed by atoms with van der Waals surface area (Å²) in [7, 11) is -2.81. The molecule has 96 valence electrons. The van der Waals surface area contributed by atoms with E-state index in [0.29, 0.717) is 24.3 Å². The molecular weight excluding hydrogens is 248 g/mol. The van der Waals surface area contributed by atoms with Gasteiger partial charge in [0.2, 0.25) is 0 Å². The minimum Gasteiger partial charge on any atom is -0.301 e. The van der Waals surface area contributed by atoms with Gasteiger partial charge in [-0.15, -0.1) is 0 Å². The minimum atomic E-state index is -2.81. The number of hydrogen-bond donors (Lipinski definition) is 0. The van der Waals surface area contributed by atoms with Gasteiger partial charge in [-0.3, -0.25) is 0 Å². The molecule has 3 rings (SSSR count). The average molecular weight is 264 g/mol. The Morgan fingerprint density at radius 2 is 2.00 bits per heavy atom. The zero-order valence-electron chi connectivity index (χ0n) is 10.3. The highest BCUT2D eigenvalue weighted by molar-refractivity contribution is 7.91. The van der Waals surface area contributed by atoms with Crippen molar-refractivity contribution in [2.24, 2.45) is 0 Å². The summed E-state index contributed by atoms with van der Waals surface area (Å²) < 4.78 is 25.1. The molecule has 3 heterocycles. The zero-order chi connectivity index (χ0) is 12.8. The zero-order valence-corrected chi connectivity index (χ0v) is 11.2. The predicted molar refractivity (Wildman–Crippen MR) is 70.6 cm³/mol. The maximum absolute atomic E-state index is 11.5. The lowest BCUT2D eigenvalue weighted by atomic mass is 10.0. The third-order valence-electron chi connectivity index (χ3n) is 3.69. The van der Waals surface area contributed by atoms with E-state index in [1.54, 1.807) is 0 Å². The van der Waals surface area contributed by atoms with Crippen LogP contribution in [0.2, 0.25) is 0 Å². The molecule has 0 amide bonds. The summed E-state index contributed by atoms with van der Waals surface area (Å²) in [5, 5.41) is 0. The van der Waals surface area contributed by atoms with E-state index in [0.717, 1.165) is 17.0 Å². The summed E-state index contributed by atoms with van der Waals surface area (Å²) in [5.74, 6) is 1.85. The summed E-state index contributed by atoms with van der Waals surface area (Å²) in [4.78, 5) is 4.50. The summed E-state index contributed by atoms with van der Waals surface area (Å²) in [6, 6.07) is 6.10. The number of fused-ring (bicyclic) bond motifs is 1. The number of nitrogens with zero attached hydrogens (tertiary/aromatic N) is 2. The lowest BCUT2D eigenvalue weighted by molar-refractivity contribution is 0.535. The highest BCUT2D eigenvalue weighted by Gasteiger charge is 2.27. The maximum atomic E-state index is 11.5. The Kier molecular flexibility index (Phi) is 2.66. The number of hydrogen-bond acceptors (Lipinski definition) is 3. The van der Waals surface area contributed by atoms with Gasteiger partial charge in [-0.25, -0.2) is 13.4 Å². The third-order valence-corrected chi connectivity index (χ3v) is 5.41. The van der Waals surface area contributed by atoms with E-state index in [9.17, 15) is 8.42 Å². The Morgan fingerprint density at radius 1 is 1.28 bits per heavy atom. The fourth-order valence-corrected chi connectivity index (χ4v) is 4.17. The van der Waals surface area contributed by atoms with Gasteiger partial charge in [0.1, 0.15) is 15.7 Å². The normalized spacial score (nSPS) is 20.3. The number of aromatic nitrogens is 2. The van der Waals surface area contributed by atoms with Crippen LogP contribution >= 0.6 is 0 Å². The molecular formula is C13H16N2O2S. The lowest BCUT2D eigenvalue weighted by Crippen LogP contribution is -2.23. The maximum Gasteiger partial charge on any atom is 0.150 e. The van der Waals surface area contributed by atoms with Gasteiger partial charge in [-0.2, -0.15) is 0 Å². The average Bonchev–Trinajstić information content (AvgIpc) is 2.74. The van der Waals surface area contributed by atoms with Crippen molar-refractivity contribution < 1.29 is 8.42 Å². The molecule has 0 unspecified atom stereocenters. The van der Waals surface area contributed by atoms with Crippen LogP contribution in [0.4, 0.5) is 0 Å². The molecule has 0 aliphatic carbocycles. The van der Waals surface area contributed by atoms with Gasteiger partial charge in [-0.05, 0) is 31.9 Å². The van der Waals surface area contributed by atoms with Crippen molar-refractivity contribution in [1.82, 2.24) is 9.38 Å². The molecule has 2 aromatic heterocycles. The Labute approximate surface area is 107 Å². The van der Waals surface area contributed by atoms with Gasteiger partial charge in [0.15, 0.2) is 0 Å². The van der Waals surface area contributed by atoms with Crippen LogP contribution in [0.15, 0.2) is 24.4 Å². The van der Waals surface area contributed by atoms with E-state index in [2.05, 4.69) is 22.4 Å². The van der Waals surface area contributed by atoms with E-state index >= 15 is 0 Å². The van der Waals surface area contributed by atoms with Gasteiger partial charge in [0.05, 0.1) is 23.2 Å². The van der Waals surface area contributed by atoms with Crippen LogP contribution in [0, 0.1) is 6.92 Å². The molecule has 1 saturated heterocycles. The van der Waals surface area contributed by atoms with Crippen LogP contribution in [-0.2, 0) is 9.84 Å². The molecule has 18 heavy (non-hydrogen) atoms. The minimum absolute atomic E-state index is 0.261. The molecule has 0 spiro atoms. The Bertz CT molecular complexity index is 674. The summed E-state index contributed by atoms with van der Waals surface area (Å²) in [6.07, 6.45) is 3.25. The molecule has 5 heteroatoms. The highest BCUT2D eigenvalue weighted by Crippen LogP contribution is 2.29. The van der Waals surface area contributed by atoms with E-state index < -0.39 is 9.84 Å². The van der Waals surface area contributed by atoms with Gasteiger partial charge in [0, 0.05) is 11.6 Å². The topological polar surface area (TPSA) is 51.4 Å². The molecule has 0 N–H and O–H groups in total. The smallest absolute Gasteiger partial charge is 0.150 e. The molecule has 0 aromatic carbocycles. The van der Waals surface area contributed by atoms with Crippen molar-refractivity contribution in [2.75, 3.05) is 11.5 Å². The van der Waals surface area contributed by atoms with Crippen LogP contribution < -0.4 is 0 Å². The van der Waals surface area contributed by atoms with Crippen LogP contribution in [0.3, 0.4) is 0 Å². The fourth-order valence-electron chi connectivity index (χ4n) is 2.68. The number of rotatable bonds is 1. The van der Waals surface area contributed by atoms with Crippen molar-refractivity contribution in [3.63, 3.8) is 0 Å². The van der Waals surface area contributed by atoms with Crippen molar-refractivity contribution >= 4 is 15.4 Å². The Hall–Kier alpha value is -1.36. The van der Waals surface area contributed by atoms with Crippen molar-refractivity contribution in [1.29, 1.82) is 0 Å². The number of sulfone groups is 1. The quantitative estimate of drug-likeness (QED) is 0.791. The molecule has 1 aliphatic rings. The van der Waals surface area contributed by atoms with Crippen LogP contribution in [0.25, 0.3) is 5.52 Å². The second-order valence-electron chi connectivity index (χ2n) is 4.97. The van der Waals surface area contributed by atoms with Gasteiger partial charge < -0.3 is 4.40 Å². The number of aryl methyl sites for hydroxylation is 1. The standard InChI is InChI=1S/C13H16N2O2S/c1-10-3-2-4-12-9-14-13(15(10)12)11-5-7-18(16,17)8-6-11/h2-4,9,11H,5-8H2,1H3. The van der Waals surface area contributed by atoms with Crippen LogP contribution in [0.1, 0.15) is 30.3 Å². The van der Waals surface area contributed by atoms with E-state index in [1.165, 1.54) is 0 Å². The first kappa shape index (κ1) is 11.7. The largest absolute Gasteiger partial charge is 0.301 e. The first-order valence-corrected chi connectivity index (χ1v) is 8.02. The summed E-state index contributed by atoms with van der Waals surface area (Å²) in [5.41, 5.74) is 2.23. The van der Waals surface area contributed by atoms with Gasteiger partial charge in [-0.1, -0.05) is 6.07 Å². The second-order valence-corrected chi connectivity index (χ2v) is 7.27. The van der Waals surface area contributed by atoms with Gasteiger partial charge >= 0.3 is 0 Å². The van der Waals surface area contributed by atoms with Crippen molar-refractivity contribution in [3.05, 3.63) is 35.9 Å². The molecule has 1 fully saturated rings. The molecule has 0 saturated carbocycles. The van der Waals surface area contributed by atoms with Crippen LogP contribution in [-0.4, -0.2) is 29.3 Å². The first-order chi connectivity index (χ1) is 8.57. The Balaban J connectivity index is 2.01. The molecule has 0 radical (unpaired) electrons. The van der Waals surface area contributed by atoms with Crippen molar-refractivity contribution in [2.45, 2.75) is 25.7 Å². The fraction of sp³-hybridized carbons (Fsp3) is 0.462. The molecule has 4 nitrogen and oxygen atoms in total. The second kappa shape index (κ2) is 4.09. The number of pyridine rings is 1. The van der Waals surface area contributed by atoms with Crippen molar-refractivity contribution in [3.8, 4) is 0 Å². The summed E-state index contributed by atoms with van der Waals surface area (Å²) >= 11 is 0. The van der Waals surface area contributed by atoms with Gasteiger partial charge in [0.25, 0.3) is 0 Å². The molecule has 2 aromatic rings. The monoisotopic (exact) mass is 264 g/mol. The lowest BCUT2D eigenvalue weighted by Gasteiger charge is -2.21. The van der Waals surface area contributed by atoms with Crippen LogP contribution in [0.5, 0.6) is 0 Å². The number of imidazole rings is 1. The SMILES string of the molecule is Cc1cccc2cnc(C3CCS(=O)(=O)CC3)n12. The highest BCUT2D eigenvalue weighted by atomic mass is 32.2. The third kappa shape index (κ3) is 1.92.